The van der Waals surface area contributed by atoms with Gasteiger partial charge in [-0.3, -0.25) is 9.36 Å². The van der Waals surface area contributed by atoms with Crippen molar-refractivity contribution in [3.8, 4) is 11.4 Å². The summed E-state index contributed by atoms with van der Waals surface area (Å²) in [5, 5.41) is 3.09. The highest BCUT2D eigenvalue weighted by Gasteiger charge is 2.15. The number of carbonyl (C=O) groups is 1. The van der Waals surface area contributed by atoms with Gasteiger partial charge in [0, 0.05) is 0 Å². The van der Waals surface area contributed by atoms with E-state index in [0.29, 0.717) is 21.4 Å². The molecule has 158 valence electrons. The van der Waals surface area contributed by atoms with Gasteiger partial charge in [-0.15, -0.1) is 0 Å². The van der Waals surface area contributed by atoms with Crippen molar-refractivity contribution in [2.45, 2.75) is 33.3 Å². The number of amides is 1. The first kappa shape index (κ1) is 21.6. The van der Waals surface area contributed by atoms with Crippen LogP contribution in [0.4, 0.5) is 4.79 Å². The molecule has 0 aliphatic heterocycles. The number of para-hydroxylation sites is 1. The van der Waals surface area contributed by atoms with Crippen molar-refractivity contribution < 1.29 is 14.3 Å². The third-order valence-corrected chi connectivity index (χ3v) is 4.55. The minimum atomic E-state index is -0.555. The second-order valence-electron chi connectivity index (χ2n) is 7.84. The Hall–Kier alpha value is -3.13. The van der Waals surface area contributed by atoms with Gasteiger partial charge >= 0.3 is 6.09 Å². The molecular weight excluding hydrogens is 402 g/mol. The standard InChI is InChI=1S/C22H25N3O4S/c1-14-7-5-6-8-18(14)25-19(26)16-13-15(9-10-17(16)24-20(25)30)28-12-11-23-21(27)29-22(2,3)4/h5-10,13H,11-12H2,1-4H3,(H,23,27)(H,24,30). The average molecular weight is 428 g/mol. The van der Waals surface area contributed by atoms with Crippen molar-refractivity contribution in [3.63, 3.8) is 0 Å². The van der Waals surface area contributed by atoms with Crippen molar-refractivity contribution in [1.82, 2.24) is 14.9 Å². The molecule has 8 heteroatoms. The number of carbonyl (C=O) groups excluding carboxylic acids is 1. The molecule has 0 saturated carbocycles. The van der Waals surface area contributed by atoms with Gasteiger partial charge in [-0.1, -0.05) is 18.2 Å². The highest BCUT2D eigenvalue weighted by atomic mass is 32.1. The second-order valence-corrected chi connectivity index (χ2v) is 8.23. The summed E-state index contributed by atoms with van der Waals surface area (Å²) in [5.41, 5.74) is 1.53. The minimum absolute atomic E-state index is 0.222. The maximum atomic E-state index is 13.2. The highest BCUT2D eigenvalue weighted by Crippen LogP contribution is 2.19. The lowest BCUT2D eigenvalue weighted by molar-refractivity contribution is 0.0520. The number of hydrogen-bond acceptors (Lipinski definition) is 5. The molecule has 0 aliphatic rings. The van der Waals surface area contributed by atoms with E-state index in [1.54, 1.807) is 39.0 Å². The Labute approximate surface area is 179 Å². The number of aryl methyl sites for hydroxylation is 1. The zero-order chi connectivity index (χ0) is 21.9. The molecule has 30 heavy (non-hydrogen) atoms. The van der Waals surface area contributed by atoms with Crippen LogP contribution in [0.2, 0.25) is 0 Å². The number of benzene rings is 2. The maximum absolute atomic E-state index is 13.2. The van der Waals surface area contributed by atoms with E-state index in [-0.39, 0.29) is 18.7 Å². The first-order valence-electron chi connectivity index (χ1n) is 9.60. The molecule has 1 aromatic heterocycles. The molecule has 7 nitrogen and oxygen atoms in total. The summed E-state index contributed by atoms with van der Waals surface area (Å²) in [5.74, 6) is 0.521. The van der Waals surface area contributed by atoms with Gasteiger partial charge in [-0.25, -0.2) is 4.79 Å². The van der Waals surface area contributed by atoms with Gasteiger partial charge in [0.2, 0.25) is 0 Å². The Kier molecular flexibility index (Phi) is 6.26. The molecular formula is C22H25N3O4S. The number of nitrogens with one attached hydrogen (secondary N) is 2. The van der Waals surface area contributed by atoms with Gasteiger partial charge in [0.25, 0.3) is 5.56 Å². The fourth-order valence-electron chi connectivity index (χ4n) is 2.95. The molecule has 3 rings (SSSR count). The molecule has 2 aromatic carbocycles. The number of aromatic amines is 1. The number of rotatable bonds is 5. The molecule has 0 unspecified atom stereocenters. The molecule has 1 amide bonds. The predicted molar refractivity (Wildman–Crippen MR) is 119 cm³/mol. The minimum Gasteiger partial charge on any atom is -0.492 e. The largest absolute Gasteiger partial charge is 0.492 e. The van der Waals surface area contributed by atoms with E-state index in [0.717, 1.165) is 11.3 Å². The number of H-pyrrole nitrogens is 1. The van der Waals surface area contributed by atoms with Crippen molar-refractivity contribution >= 4 is 29.2 Å². The predicted octanol–water partition coefficient (Wildman–Crippen LogP) is 4.26. The quantitative estimate of drug-likeness (QED) is 0.469. The molecule has 0 fully saturated rings. The number of hydrogen-bond donors (Lipinski definition) is 2. The van der Waals surface area contributed by atoms with Crippen LogP contribution >= 0.6 is 12.2 Å². The average Bonchev–Trinajstić information content (AvgIpc) is 2.66. The van der Waals surface area contributed by atoms with Gasteiger partial charge in [-0.2, -0.15) is 0 Å². The summed E-state index contributed by atoms with van der Waals surface area (Å²) in [6.45, 7) is 7.84. The summed E-state index contributed by atoms with van der Waals surface area (Å²) >= 11 is 5.41. The molecule has 0 radical (unpaired) electrons. The van der Waals surface area contributed by atoms with E-state index < -0.39 is 11.7 Å². The van der Waals surface area contributed by atoms with Crippen LogP contribution in [0, 0.1) is 11.7 Å². The Morgan fingerprint density at radius 2 is 1.93 bits per heavy atom. The first-order valence-corrected chi connectivity index (χ1v) is 10.0. The third-order valence-electron chi connectivity index (χ3n) is 4.26. The van der Waals surface area contributed by atoms with Crippen LogP contribution in [0.1, 0.15) is 26.3 Å². The number of ether oxygens (including phenoxy) is 2. The van der Waals surface area contributed by atoms with Crippen LogP contribution in [0.3, 0.4) is 0 Å². The van der Waals surface area contributed by atoms with E-state index in [1.165, 1.54) is 4.57 Å². The maximum Gasteiger partial charge on any atom is 0.407 e. The number of alkyl carbamates (subject to hydrolysis) is 1. The van der Waals surface area contributed by atoms with E-state index in [1.807, 2.05) is 31.2 Å². The lowest BCUT2D eigenvalue weighted by atomic mass is 10.2. The Bertz CT molecular complexity index is 1190. The zero-order valence-electron chi connectivity index (χ0n) is 17.4. The molecule has 0 aliphatic carbocycles. The van der Waals surface area contributed by atoms with Crippen LogP contribution in [-0.2, 0) is 4.74 Å². The van der Waals surface area contributed by atoms with E-state index in [9.17, 15) is 9.59 Å². The summed E-state index contributed by atoms with van der Waals surface area (Å²) in [4.78, 5) is 27.9. The van der Waals surface area contributed by atoms with Gasteiger partial charge in [0.15, 0.2) is 4.77 Å². The van der Waals surface area contributed by atoms with Gasteiger partial charge in [-0.05, 0) is 69.7 Å². The number of nitrogens with zero attached hydrogens (tertiary/aromatic N) is 1. The Morgan fingerprint density at radius 3 is 2.63 bits per heavy atom. The third kappa shape index (κ3) is 5.07. The fraction of sp³-hybridized carbons (Fsp3) is 0.318. The van der Waals surface area contributed by atoms with E-state index in [4.69, 9.17) is 21.7 Å². The van der Waals surface area contributed by atoms with Crippen molar-refractivity contribution in [1.29, 1.82) is 0 Å². The lowest BCUT2D eigenvalue weighted by Crippen LogP contribution is -2.34. The SMILES string of the molecule is Cc1ccccc1-n1c(=S)[nH]c2ccc(OCCNC(=O)OC(C)(C)C)cc2c1=O. The number of fused-ring (bicyclic) bond motifs is 1. The zero-order valence-corrected chi connectivity index (χ0v) is 18.3. The number of aromatic nitrogens is 2. The van der Waals surface area contributed by atoms with Gasteiger partial charge < -0.3 is 19.8 Å². The summed E-state index contributed by atoms with van der Waals surface area (Å²) in [6.07, 6.45) is -0.502. The van der Waals surface area contributed by atoms with Crippen LogP contribution in [0.25, 0.3) is 16.6 Å². The van der Waals surface area contributed by atoms with Gasteiger partial charge in [0.05, 0.1) is 23.1 Å². The molecule has 3 aromatic rings. The molecule has 0 bridgehead atoms. The summed E-state index contributed by atoms with van der Waals surface area (Å²) in [6, 6.07) is 12.7. The molecule has 0 saturated heterocycles. The van der Waals surface area contributed by atoms with Crippen LogP contribution in [0.15, 0.2) is 47.3 Å². The topological polar surface area (TPSA) is 85.3 Å². The molecule has 0 spiro atoms. The van der Waals surface area contributed by atoms with Crippen LogP contribution in [-0.4, -0.2) is 34.4 Å². The van der Waals surface area contributed by atoms with Crippen molar-refractivity contribution in [2.24, 2.45) is 0 Å². The van der Waals surface area contributed by atoms with Crippen molar-refractivity contribution in [3.05, 3.63) is 63.2 Å². The lowest BCUT2D eigenvalue weighted by Gasteiger charge is -2.19. The van der Waals surface area contributed by atoms with Crippen molar-refractivity contribution in [2.75, 3.05) is 13.2 Å². The second kappa shape index (κ2) is 8.71. The Morgan fingerprint density at radius 1 is 1.20 bits per heavy atom. The summed E-state index contributed by atoms with van der Waals surface area (Å²) in [7, 11) is 0. The van der Waals surface area contributed by atoms with E-state index in [2.05, 4.69) is 10.3 Å². The smallest absolute Gasteiger partial charge is 0.407 e. The Balaban J connectivity index is 1.79. The van der Waals surface area contributed by atoms with Crippen LogP contribution in [0.5, 0.6) is 5.75 Å². The molecule has 0 atom stereocenters. The highest BCUT2D eigenvalue weighted by molar-refractivity contribution is 7.71. The normalized spacial score (nSPS) is 11.3. The first-order chi connectivity index (χ1) is 14.2. The molecule has 2 N–H and O–H groups in total. The van der Waals surface area contributed by atoms with Gasteiger partial charge in [0.1, 0.15) is 18.0 Å². The van der Waals surface area contributed by atoms with Crippen LogP contribution < -0.4 is 15.6 Å². The molecule has 1 heterocycles. The summed E-state index contributed by atoms with van der Waals surface area (Å²) < 4.78 is 12.7. The monoisotopic (exact) mass is 427 g/mol. The fourth-order valence-corrected chi connectivity index (χ4v) is 3.24. The van der Waals surface area contributed by atoms with E-state index >= 15 is 0 Å².